The van der Waals surface area contributed by atoms with E-state index in [0.29, 0.717) is 17.4 Å². The molecule has 1 aromatic carbocycles. The molecular weight excluding hydrogens is 410 g/mol. The van der Waals surface area contributed by atoms with Crippen molar-refractivity contribution in [3.05, 3.63) is 75.7 Å². The number of halogens is 1. The predicted molar refractivity (Wildman–Crippen MR) is 123 cm³/mol. The maximum Gasteiger partial charge on any atom is 0.271 e. The number of carbonyl (C=O) groups excluding carboxylic acids is 1. The van der Waals surface area contributed by atoms with Gasteiger partial charge in [-0.15, -0.1) is 0 Å². The molecule has 0 saturated heterocycles. The minimum absolute atomic E-state index is 0.227. The number of nitrogens with one attached hydrogen (secondary N) is 1. The zero-order valence-electron chi connectivity index (χ0n) is 18.2. The van der Waals surface area contributed by atoms with E-state index in [1.807, 2.05) is 19.9 Å². The highest BCUT2D eigenvalue weighted by Crippen LogP contribution is 2.22. The maximum absolute atomic E-state index is 12.9. The van der Waals surface area contributed by atoms with Gasteiger partial charge in [0.1, 0.15) is 5.69 Å². The summed E-state index contributed by atoms with van der Waals surface area (Å²) < 4.78 is 1.72. The maximum atomic E-state index is 12.9. The standard InChI is InChI=1S/C24H28ClN5O/c1-4-20(29-12-11-18-7-5-6-8-19(18)15-29)14-26-24(31)23-21(25)9-10-22(27-23)30-17(3)13-16(2)28-30/h5-10,13,20H,4,11-12,14-15H2,1-3H3,(H,26,31). The number of hydrogen-bond acceptors (Lipinski definition) is 4. The van der Waals surface area contributed by atoms with Crippen molar-refractivity contribution in [2.75, 3.05) is 13.1 Å². The fourth-order valence-electron chi connectivity index (χ4n) is 4.22. The normalized spacial score (nSPS) is 14.8. The lowest BCUT2D eigenvalue weighted by Crippen LogP contribution is -2.45. The molecule has 2 aromatic heterocycles. The Morgan fingerprint density at radius 2 is 1.97 bits per heavy atom. The Balaban J connectivity index is 1.45. The lowest BCUT2D eigenvalue weighted by Gasteiger charge is -2.35. The van der Waals surface area contributed by atoms with Gasteiger partial charge >= 0.3 is 0 Å². The molecule has 0 spiro atoms. The average Bonchev–Trinajstić information content (AvgIpc) is 3.12. The van der Waals surface area contributed by atoms with Crippen LogP contribution in [0.1, 0.15) is 46.3 Å². The van der Waals surface area contributed by atoms with Crippen LogP contribution in [0.25, 0.3) is 5.82 Å². The fourth-order valence-corrected chi connectivity index (χ4v) is 4.42. The monoisotopic (exact) mass is 437 g/mol. The molecule has 1 N–H and O–H groups in total. The molecule has 0 bridgehead atoms. The van der Waals surface area contributed by atoms with Crippen molar-refractivity contribution in [3.8, 4) is 5.82 Å². The van der Waals surface area contributed by atoms with Gasteiger partial charge in [-0.25, -0.2) is 9.67 Å². The number of aryl methyl sites for hydroxylation is 2. The first-order valence-electron chi connectivity index (χ1n) is 10.8. The van der Waals surface area contributed by atoms with E-state index >= 15 is 0 Å². The molecule has 3 aromatic rings. The molecule has 6 nitrogen and oxygen atoms in total. The third-order valence-electron chi connectivity index (χ3n) is 5.92. The van der Waals surface area contributed by atoms with Crippen molar-refractivity contribution < 1.29 is 4.79 Å². The zero-order valence-corrected chi connectivity index (χ0v) is 19.0. The van der Waals surface area contributed by atoms with Crippen LogP contribution in [-0.2, 0) is 13.0 Å². The molecule has 1 unspecified atom stereocenters. The number of benzene rings is 1. The number of pyridine rings is 1. The predicted octanol–water partition coefficient (Wildman–Crippen LogP) is 4.10. The summed E-state index contributed by atoms with van der Waals surface area (Å²) in [7, 11) is 0. The Morgan fingerprint density at radius 1 is 1.19 bits per heavy atom. The second-order valence-electron chi connectivity index (χ2n) is 8.10. The quantitative estimate of drug-likeness (QED) is 0.630. The highest BCUT2D eigenvalue weighted by atomic mass is 35.5. The number of aromatic nitrogens is 3. The fraction of sp³-hybridized carbons (Fsp3) is 0.375. The molecule has 0 saturated carbocycles. The summed E-state index contributed by atoms with van der Waals surface area (Å²) in [6.07, 6.45) is 1.99. The average molecular weight is 438 g/mol. The number of amides is 1. The van der Waals surface area contributed by atoms with Gasteiger partial charge in [0.2, 0.25) is 0 Å². The van der Waals surface area contributed by atoms with Crippen LogP contribution in [0.3, 0.4) is 0 Å². The molecule has 1 atom stereocenters. The van der Waals surface area contributed by atoms with Crippen molar-refractivity contribution in [2.24, 2.45) is 0 Å². The largest absolute Gasteiger partial charge is 0.349 e. The number of fused-ring (bicyclic) bond motifs is 1. The van der Waals surface area contributed by atoms with Crippen LogP contribution < -0.4 is 5.32 Å². The molecule has 1 aliphatic rings. The van der Waals surface area contributed by atoms with Crippen molar-refractivity contribution in [1.82, 2.24) is 25.0 Å². The highest BCUT2D eigenvalue weighted by molar-refractivity contribution is 6.33. The van der Waals surface area contributed by atoms with Gasteiger partial charge in [-0.3, -0.25) is 9.69 Å². The lowest BCUT2D eigenvalue weighted by atomic mass is 9.98. The van der Waals surface area contributed by atoms with Crippen molar-refractivity contribution in [2.45, 2.75) is 46.2 Å². The van der Waals surface area contributed by atoms with E-state index < -0.39 is 0 Å². The van der Waals surface area contributed by atoms with Crippen molar-refractivity contribution in [3.63, 3.8) is 0 Å². The lowest BCUT2D eigenvalue weighted by molar-refractivity contribution is 0.0921. The van der Waals surface area contributed by atoms with E-state index in [4.69, 9.17) is 11.6 Å². The van der Waals surface area contributed by atoms with Gasteiger partial charge in [-0.05, 0) is 56.0 Å². The van der Waals surface area contributed by atoms with Crippen LogP contribution in [0, 0.1) is 13.8 Å². The van der Waals surface area contributed by atoms with Gasteiger partial charge in [0, 0.05) is 31.4 Å². The first-order chi connectivity index (χ1) is 15.0. The molecular formula is C24H28ClN5O. The summed E-state index contributed by atoms with van der Waals surface area (Å²) in [5, 5.41) is 7.84. The van der Waals surface area contributed by atoms with E-state index in [2.05, 4.69) is 51.5 Å². The van der Waals surface area contributed by atoms with Gasteiger partial charge in [0.25, 0.3) is 5.91 Å². The van der Waals surface area contributed by atoms with Crippen molar-refractivity contribution in [1.29, 1.82) is 0 Å². The molecule has 7 heteroatoms. The Morgan fingerprint density at radius 3 is 2.68 bits per heavy atom. The van der Waals surface area contributed by atoms with Crippen LogP contribution in [-0.4, -0.2) is 44.7 Å². The van der Waals surface area contributed by atoms with Crippen LogP contribution >= 0.6 is 11.6 Å². The van der Waals surface area contributed by atoms with E-state index in [0.717, 1.165) is 37.3 Å². The van der Waals surface area contributed by atoms with E-state index in [9.17, 15) is 4.79 Å². The second-order valence-corrected chi connectivity index (χ2v) is 8.51. The minimum Gasteiger partial charge on any atom is -0.349 e. The third-order valence-corrected chi connectivity index (χ3v) is 6.22. The van der Waals surface area contributed by atoms with Crippen LogP contribution in [0.2, 0.25) is 5.02 Å². The molecule has 4 rings (SSSR count). The molecule has 3 heterocycles. The second kappa shape index (κ2) is 9.20. The molecule has 162 valence electrons. The SMILES string of the molecule is CCC(CNC(=O)c1nc(-n2nc(C)cc2C)ccc1Cl)N1CCc2ccccc2C1. The van der Waals surface area contributed by atoms with Crippen LogP contribution in [0.5, 0.6) is 0 Å². The zero-order chi connectivity index (χ0) is 22.0. The molecule has 31 heavy (non-hydrogen) atoms. The summed E-state index contributed by atoms with van der Waals surface area (Å²) in [5.74, 6) is 0.323. The summed E-state index contributed by atoms with van der Waals surface area (Å²) in [4.78, 5) is 19.9. The summed E-state index contributed by atoms with van der Waals surface area (Å²) in [5.41, 5.74) is 4.88. The number of carbonyl (C=O) groups is 1. The summed E-state index contributed by atoms with van der Waals surface area (Å²) >= 11 is 6.31. The smallest absolute Gasteiger partial charge is 0.271 e. The van der Waals surface area contributed by atoms with Gasteiger partial charge in [-0.1, -0.05) is 42.8 Å². The third kappa shape index (κ3) is 4.65. The Kier molecular flexibility index (Phi) is 6.39. The van der Waals surface area contributed by atoms with E-state index in [-0.39, 0.29) is 17.6 Å². The highest BCUT2D eigenvalue weighted by Gasteiger charge is 2.23. The minimum atomic E-state index is -0.260. The van der Waals surface area contributed by atoms with Crippen LogP contribution in [0.4, 0.5) is 0 Å². The van der Waals surface area contributed by atoms with E-state index in [1.54, 1.807) is 16.8 Å². The molecule has 1 aliphatic heterocycles. The number of rotatable bonds is 6. The Bertz CT molecular complexity index is 1090. The summed E-state index contributed by atoms with van der Waals surface area (Å²) in [6.45, 7) is 8.51. The molecule has 0 radical (unpaired) electrons. The van der Waals surface area contributed by atoms with Crippen LogP contribution in [0.15, 0.2) is 42.5 Å². The molecule has 0 fully saturated rings. The number of nitrogens with zero attached hydrogens (tertiary/aromatic N) is 4. The van der Waals surface area contributed by atoms with Gasteiger partial charge < -0.3 is 5.32 Å². The van der Waals surface area contributed by atoms with Crippen molar-refractivity contribution >= 4 is 17.5 Å². The molecule has 1 amide bonds. The first kappa shape index (κ1) is 21.5. The Labute approximate surface area is 188 Å². The first-order valence-corrected chi connectivity index (χ1v) is 11.1. The molecule has 0 aliphatic carbocycles. The van der Waals surface area contributed by atoms with Gasteiger partial charge in [-0.2, -0.15) is 5.10 Å². The Hall–Kier alpha value is -2.70. The van der Waals surface area contributed by atoms with Gasteiger partial charge in [0.15, 0.2) is 5.82 Å². The topological polar surface area (TPSA) is 63.1 Å². The van der Waals surface area contributed by atoms with Gasteiger partial charge in [0.05, 0.1) is 10.7 Å². The van der Waals surface area contributed by atoms with E-state index in [1.165, 1.54) is 11.1 Å². The number of hydrogen-bond donors (Lipinski definition) is 1. The summed E-state index contributed by atoms with van der Waals surface area (Å²) in [6, 6.07) is 14.3.